The summed E-state index contributed by atoms with van der Waals surface area (Å²) >= 11 is 0. The molecule has 0 saturated heterocycles. The van der Waals surface area contributed by atoms with Crippen molar-refractivity contribution in [2.24, 2.45) is 5.92 Å². The molecule has 0 aliphatic heterocycles. The molecule has 0 aromatic carbocycles. The minimum absolute atomic E-state index is 0.0102. The van der Waals surface area contributed by atoms with Crippen molar-refractivity contribution in [3.63, 3.8) is 0 Å². The van der Waals surface area contributed by atoms with Crippen LogP contribution >= 0.6 is 0 Å². The second-order valence-electron chi connectivity index (χ2n) is 4.48. The highest BCUT2D eigenvalue weighted by Gasteiger charge is 2.41. The van der Waals surface area contributed by atoms with E-state index < -0.39 is 35.9 Å². The lowest BCUT2D eigenvalue weighted by Crippen LogP contribution is -2.53. The first-order chi connectivity index (χ1) is 9.05. The van der Waals surface area contributed by atoms with Gasteiger partial charge < -0.3 is 15.7 Å². The quantitative estimate of drug-likeness (QED) is 0.602. The van der Waals surface area contributed by atoms with E-state index in [1.54, 1.807) is 5.32 Å². The predicted molar refractivity (Wildman–Crippen MR) is 62.7 cm³/mol. The van der Waals surface area contributed by atoms with Crippen LogP contribution in [0, 0.1) is 5.92 Å². The Labute approximate surface area is 113 Å². The number of carbonyl (C=O) groups excluding carboxylic acids is 2. The van der Waals surface area contributed by atoms with Crippen molar-refractivity contribution in [1.29, 1.82) is 0 Å². The summed E-state index contributed by atoms with van der Waals surface area (Å²) in [5, 5.41) is 12.3. The molecule has 20 heavy (non-hydrogen) atoms. The van der Waals surface area contributed by atoms with Gasteiger partial charge in [0.05, 0.1) is 0 Å². The fraction of sp³-hybridized carbons (Fsp3) is 0.727. The molecule has 0 rings (SSSR count). The van der Waals surface area contributed by atoms with Crippen molar-refractivity contribution in [1.82, 2.24) is 10.6 Å². The van der Waals surface area contributed by atoms with Gasteiger partial charge in [-0.3, -0.25) is 14.4 Å². The van der Waals surface area contributed by atoms with Gasteiger partial charge in [0.15, 0.2) is 0 Å². The number of carbonyl (C=O) groups is 3. The molecule has 0 aliphatic carbocycles. The highest BCUT2D eigenvalue weighted by molar-refractivity contribution is 5.89. The SMILES string of the molecule is CC(C)[C@H](NC(=O)C(F)(F)F)C(=O)NCCCC(=O)O. The lowest BCUT2D eigenvalue weighted by Gasteiger charge is -2.22. The lowest BCUT2D eigenvalue weighted by molar-refractivity contribution is -0.175. The summed E-state index contributed by atoms with van der Waals surface area (Å²) in [6, 6.07) is -1.33. The zero-order valence-corrected chi connectivity index (χ0v) is 11.1. The topological polar surface area (TPSA) is 95.5 Å². The van der Waals surface area contributed by atoms with Gasteiger partial charge in [0.25, 0.3) is 0 Å². The van der Waals surface area contributed by atoms with Crippen LogP contribution in [0.25, 0.3) is 0 Å². The van der Waals surface area contributed by atoms with E-state index in [1.807, 2.05) is 0 Å². The third kappa shape index (κ3) is 6.95. The molecule has 0 aromatic rings. The molecule has 0 unspecified atom stereocenters. The van der Waals surface area contributed by atoms with Crippen molar-refractivity contribution in [3.8, 4) is 0 Å². The number of alkyl halides is 3. The van der Waals surface area contributed by atoms with Gasteiger partial charge in [-0.2, -0.15) is 13.2 Å². The van der Waals surface area contributed by atoms with Crippen LogP contribution in [0.15, 0.2) is 0 Å². The van der Waals surface area contributed by atoms with Crippen molar-refractivity contribution in [3.05, 3.63) is 0 Å². The fourth-order valence-electron chi connectivity index (χ4n) is 1.32. The fourth-order valence-corrected chi connectivity index (χ4v) is 1.32. The Bertz CT molecular complexity index is 369. The van der Waals surface area contributed by atoms with Gasteiger partial charge >= 0.3 is 18.1 Å². The van der Waals surface area contributed by atoms with Crippen LogP contribution in [0.5, 0.6) is 0 Å². The smallest absolute Gasteiger partial charge is 0.471 e. The standard InChI is InChI=1S/C11H17F3N2O4/c1-6(2)8(16-10(20)11(12,13)14)9(19)15-5-3-4-7(17)18/h6,8H,3-5H2,1-2H3,(H,15,19)(H,16,20)(H,17,18)/t8-/m0/s1. The van der Waals surface area contributed by atoms with Crippen molar-refractivity contribution in [2.45, 2.75) is 38.9 Å². The van der Waals surface area contributed by atoms with Gasteiger partial charge in [0, 0.05) is 13.0 Å². The molecule has 0 spiro atoms. The Morgan fingerprint density at radius 3 is 2.15 bits per heavy atom. The molecule has 0 aromatic heterocycles. The monoisotopic (exact) mass is 298 g/mol. The first kappa shape index (κ1) is 18.2. The van der Waals surface area contributed by atoms with Gasteiger partial charge in [-0.05, 0) is 12.3 Å². The zero-order valence-electron chi connectivity index (χ0n) is 11.1. The Morgan fingerprint density at radius 2 is 1.75 bits per heavy atom. The van der Waals surface area contributed by atoms with Gasteiger partial charge in [0.1, 0.15) is 6.04 Å². The molecule has 0 radical (unpaired) electrons. The van der Waals surface area contributed by atoms with Gasteiger partial charge in [-0.25, -0.2) is 0 Å². The van der Waals surface area contributed by atoms with Crippen LogP contribution in [-0.4, -0.2) is 41.7 Å². The number of nitrogens with one attached hydrogen (secondary N) is 2. The number of carboxylic acid groups (broad SMARTS) is 1. The summed E-state index contributed by atoms with van der Waals surface area (Å²) in [7, 11) is 0. The van der Waals surface area contributed by atoms with E-state index in [0.29, 0.717) is 0 Å². The van der Waals surface area contributed by atoms with Gasteiger partial charge in [-0.15, -0.1) is 0 Å². The normalized spacial score (nSPS) is 12.9. The summed E-state index contributed by atoms with van der Waals surface area (Å²) in [6.07, 6.45) is -5.07. The second kappa shape index (κ2) is 7.71. The van der Waals surface area contributed by atoms with E-state index in [0.717, 1.165) is 0 Å². The van der Waals surface area contributed by atoms with Crippen LogP contribution in [0.4, 0.5) is 13.2 Å². The molecule has 0 heterocycles. The van der Waals surface area contributed by atoms with Crippen molar-refractivity contribution < 1.29 is 32.7 Å². The minimum atomic E-state index is -5.06. The third-order valence-corrected chi connectivity index (χ3v) is 2.36. The molecule has 1 atom stereocenters. The second-order valence-corrected chi connectivity index (χ2v) is 4.48. The molecule has 0 fully saturated rings. The molecule has 0 bridgehead atoms. The van der Waals surface area contributed by atoms with E-state index in [-0.39, 0.29) is 19.4 Å². The number of halogens is 3. The number of rotatable bonds is 7. The van der Waals surface area contributed by atoms with Crippen LogP contribution in [0.1, 0.15) is 26.7 Å². The Hall–Kier alpha value is -1.80. The van der Waals surface area contributed by atoms with Gasteiger partial charge in [0.2, 0.25) is 5.91 Å². The molecule has 0 aliphatic rings. The largest absolute Gasteiger partial charge is 0.481 e. The highest BCUT2D eigenvalue weighted by atomic mass is 19.4. The maximum absolute atomic E-state index is 12.1. The molecule has 0 saturated carbocycles. The number of hydrogen-bond donors (Lipinski definition) is 3. The Morgan fingerprint density at radius 1 is 1.20 bits per heavy atom. The van der Waals surface area contributed by atoms with Crippen molar-refractivity contribution >= 4 is 17.8 Å². The summed E-state index contributed by atoms with van der Waals surface area (Å²) < 4.78 is 36.4. The van der Waals surface area contributed by atoms with Crippen LogP contribution in [-0.2, 0) is 14.4 Å². The molecular formula is C11H17F3N2O4. The summed E-state index contributed by atoms with van der Waals surface area (Å²) in [6.45, 7) is 2.98. The highest BCUT2D eigenvalue weighted by Crippen LogP contribution is 2.15. The first-order valence-corrected chi connectivity index (χ1v) is 5.93. The Kier molecular flexibility index (Phi) is 7.01. The summed E-state index contributed by atoms with van der Waals surface area (Å²) in [5.41, 5.74) is 0. The molecule has 116 valence electrons. The average Bonchev–Trinajstić information content (AvgIpc) is 2.28. The minimum Gasteiger partial charge on any atom is -0.481 e. The summed E-state index contributed by atoms with van der Waals surface area (Å²) in [4.78, 5) is 32.7. The predicted octanol–water partition coefficient (Wildman–Crippen LogP) is 0.670. The van der Waals surface area contributed by atoms with Crippen LogP contribution in [0.2, 0.25) is 0 Å². The molecule has 3 N–H and O–H groups in total. The van der Waals surface area contributed by atoms with Gasteiger partial charge in [-0.1, -0.05) is 13.8 Å². The third-order valence-electron chi connectivity index (χ3n) is 2.36. The average molecular weight is 298 g/mol. The van der Waals surface area contributed by atoms with E-state index >= 15 is 0 Å². The van der Waals surface area contributed by atoms with E-state index in [2.05, 4.69) is 5.32 Å². The van der Waals surface area contributed by atoms with E-state index in [9.17, 15) is 27.6 Å². The maximum atomic E-state index is 12.1. The Balaban J connectivity index is 4.42. The molecule has 6 nitrogen and oxygen atoms in total. The molecular weight excluding hydrogens is 281 g/mol. The maximum Gasteiger partial charge on any atom is 0.471 e. The molecule has 9 heteroatoms. The number of aliphatic carboxylic acids is 1. The first-order valence-electron chi connectivity index (χ1n) is 5.93. The van der Waals surface area contributed by atoms with E-state index in [4.69, 9.17) is 5.11 Å². The summed E-state index contributed by atoms with van der Waals surface area (Å²) in [5.74, 6) is -4.54. The number of hydrogen-bond acceptors (Lipinski definition) is 3. The number of amides is 2. The zero-order chi connectivity index (χ0) is 15.9. The van der Waals surface area contributed by atoms with E-state index in [1.165, 1.54) is 13.8 Å². The molecule has 2 amide bonds. The number of carboxylic acids is 1. The van der Waals surface area contributed by atoms with Crippen molar-refractivity contribution in [2.75, 3.05) is 6.54 Å². The lowest BCUT2D eigenvalue weighted by atomic mass is 10.0. The van der Waals surface area contributed by atoms with Crippen LogP contribution < -0.4 is 10.6 Å². The van der Waals surface area contributed by atoms with Crippen LogP contribution in [0.3, 0.4) is 0 Å².